The second-order valence-corrected chi connectivity index (χ2v) is 4.40. The van der Waals surface area contributed by atoms with E-state index in [1.807, 2.05) is 13.8 Å². The van der Waals surface area contributed by atoms with E-state index in [4.69, 9.17) is 0 Å². The molecule has 1 aromatic rings. The second-order valence-electron chi connectivity index (χ2n) is 4.40. The van der Waals surface area contributed by atoms with E-state index in [0.29, 0.717) is 5.56 Å². The van der Waals surface area contributed by atoms with Crippen molar-refractivity contribution in [3.63, 3.8) is 0 Å². The highest BCUT2D eigenvalue weighted by Crippen LogP contribution is 2.34. The molecule has 0 nitrogen and oxygen atoms in total. The summed E-state index contributed by atoms with van der Waals surface area (Å²) < 4.78 is 38.2. The molecule has 0 atom stereocenters. The van der Waals surface area contributed by atoms with Gasteiger partial charge >= 0.3 is 6.18 Å². The lowest BCUT2D eigenvalue weighted by Gasteiger charge is -2.16. The van der Waals surface area contributed by atoms with Gasteiger partial charge in [0.25, 0.3) is 0 Å². The summed E-state index contributed by atoms with van der Waals surface area (Å²) in [7, 11) is 0. The van der Waals surface area contributed by atoms with Crippen LogP contribution in [-0.2, 0) is 6.18 Å². The Morgan fingerprint density at radius 3 is 2.10 bits per heavy atom. The molecule has 0 aliphatic rings. The van der Waals surface area contributed by atoms with Gasteiger partial charge in [-0.3, -0.25) is 0 Å². The molecule has 0 radical (unpaired) electrons. The summed E-state index contributed by atoms with van der Waals surface area (Å²) in [5.74, 6) is 0.164. The number of benzene rings is 1. The lowest BCUT2D eigenvalue weighted by Crippen LogP contribution is -2.07. The molecule has 0 unspecified atom stereocenters. The summed E-state index contributed by atoms with van der Waals surface area (Å²) in [6, 6.07) is 3.89. The third kappa shape index (κ3) is 4.41. The van der Waals surface area contributed by atoms with Crippen LogP contribution in [0.1, 0.15) is 43.4 Å². The molecule has 0 saturated heterocycles. The highest BCUT2D eigenvalue weighted by molar-refractivity contribution is 5.76. The first-order valence-corrected chi connectivity index (χ1v) is 6.31. The quantitative estimate of drug-likeness (QED) is 0.456. The van der Waals surface area contributed by atoms with Crippen LogP contribution in [0.4, 0.5) is 13.2 Å². The van der Waals surface area contributed by atoms with Crippen LogP contribution < -0.4 is 0 Å². The smallest absolute Gasteiger partial charge is 0.166 e. The Morgan fingerprint density at radius 2 is 1.75 bits per heavy atom. The van der Waals surface area contributed by atoms with Crippen molar-refractivity contribution in [3.8, 4) is 0 Å². The first-order chi connectivity index (χ1) is 9.31. The van der Waals surface area contributed by atoms with Crippen molar-refractivity contribution in [1.82, 2.24) is 0 Å². The van der Waals surface area contributed by atoms with Gasteiger partial charge in [-0.05, 0) is 41.7 Å². The highest BCUT2D eigenvalue weighted by Gasteiger charge is 2.31. The molecule has 20 heavy (non-hydrogen) atoms. The third-order valence-corrected chi connectivity index (χ3v) is 2.84. The molecular formula is C17H21F3. The van der Waals surface area contributed by atoms with E-state index in [1.165, 1.54) is 6.07 Å². The van der Waals surface area contributed by atoms with Gasteiger partial charge in [-0.1, -0.05) is 38.6 Å². The molecular weight excluding hydrogens is 261 g/mol. The fourth-order valence-electron chi connectivity index (χ4n) is 1.87. The zero-order valence-corrected chi connectivity index (χ0v) is 12.2. The zero-order valence-electron chi connectivity index (χ0n) is 12.2. The molecule has 0 aromatic heterocycles. The van der Waals surface area contributed by atoms with Crippen molar-refractivity contribution in [2.45, 2.75) is 32.9 Å². The van der Waals surface area contributed by atoms with Crippen LogP contribution in [0.25, 0.3) is 5.57 Å². The minimum atomic E-state index is -4.32. The fourth-order valence-corrected chi connectivity index (χ4v) is 1.87. The van der Waals surface area contributed by atoms with Gasteiger partial charge in [0.05, 0.1) is 5.56 Å². The number of rotatable bonds is 3. The first kappa shape index (κ1) is 18.2. The third-order valence-electron chi connectivity index (χ3n) is 2.84. The molecule has 0 N–H and O–H groups in total. The van der Waals surface area contributed by atoms with Crippen LogP contribution in [0.3, 0.4) is 0 Å². The standard InChI is InChI=1S/C15H17F3.C2H4/c1-5-11(6-2)14-9-12(15(16,17)18)7-8-13(14)10(3)4;1-2/h5-10H,1H2,2-4H3;1-2H2/b11-6+;. The summed E-state index contributed by atoms with van der Waals surface area (Å²) >= 11 is 0. The Morgan fingerprint density at radius 1 is 1.20 bits per heavy atom. The predicted molar refractivity (Wildman–Crippen MR) is 80.6 cm³/mol. The topological polar surface area (TPSA) is 0 Å². The van der Waals surface area contributed by atoms with E-state index in [0.717, 1.165) is 17.2 Å². The Balaban J connectivity index is 0.00000172. The zero-order chi connectivity index (χ0) is 15.9. The summed E-state index contributed by atoms with van der Waals surface area (Å²) in [6.07, 6.45) is -0.958. The van der Waals surface area contributed by atoms with Crippen LogP contribution in [0.15, 0.2) is 50.1 Å². The normalized spacial score (nSPS) is 11.8. The molecule has 0 aliphatic heterocycles. The Hall–Kier alpha value is -1.77. The molecule has 0 spiro atoms. The van der Waals surface area contributed by atoms with E-state index in [9.17, 15) is 13.2 Å². The van der Waals surface area contributed by atoms with Crippen molar-refractivity contribution < 1.29 is 13.2 Å². The van der Waals surface area contributed by atoms with Crippen LogP contribution in [-0.4, -0.2) is 0 Å². The predicted octanol–water partition coefficient (Wildman–Crippen LogP) is 6.22. The average molecular weight is 282 g/mol. The molecule has 110 valence electrons. The van der Waals surface area contributed by atoms with Gasteiger partial charge in [0.1, 0.15) is 0 Å². The number of hydrogen-bond donors (Lipinski definition) is 0. The van der Waals surface area contributed by atoms with E-state index in [-0.39, 0.29) is 5.92 Å². The summed E-state index contributed by atoms with van der Waals surface area (Å²) in [6.45, 7) is 15.4. The maximum atomic E-state index is 12.7. The van der Waals surface area contributed by atoms with Gasteiger partial charge < -0.3 is 0 Å². The number of alkyl halides is 3. The molecule has 3 heteroatoms. The Kier molecular flexibility index (Phi) is 7.05. The van der Waals surface area contributed by atoms with Crippen molar-refractivity contribution >= 4 is 5.57 Å². The largest absolute Gasteiger partial charge is 0.416 e. The summed E-state index contributed by atoms with van der Waals surface area (Å²) in [4.78, 5) is 0. The van der Waals surface area contributed by atoms with Crippen LogP contribution >= 0.6 is 0 Å². The monoisotopic (exact) mass is 282 g/mol. The van der Waals surface area contributed by atoms with Gasteiger partial charge in [0, 0.05) is 0 Å². The van der Waals surface area contributed by atoms with Crippen LogP contribution in [0, 0.1) is 0 Å². The summed E-state index contributed by atoms with van der Waals surface area (Å²) in [5, 5.41) is 0. The van der Waals surface area contributed by atoms with Gasteiger partial charge in [-0.2, -0.15) is 13.2 Å². The van der Waals surface area contributed by atoms with Gasteiger partial charge in [0.15, 0.2) is 0 Å². The lowest BCUT2D eigenvalue weighted by atomic mass is 9.90. The second kappa shape index (κ2) is 7.73. The molecule has 0 aliphatic carbocycles. The SMILES string of the molecule is C=C.C=C/C(=C\C)c1cc(C(F)(F)F)ccc1C(C)C. The van der Waals surface area contributed by atoms with E-state index < -0.39 is 11.7 Å². The van der Waals surface area contributed by atoms with Crippen LogP contribution in [0.2, 0.25) is 0 Å². The Bertz CT molecular complexity index is 479. The summed E-state index contributed by atoms with van der Waals surface area (Å²) in [5.41, 5.74) is 1.61. The number of hydrogen-bond acceptors (Lipinski definition) is 0. The average Bonchev–Trinajstić information content (AvgIpc) is 2.41. The van der Waals surface area contributed by atoms with Crippen molar-refractivity contribution in [1.29, 1.82) is 0 Å². The highest BCUT2D eigenvalue weighted by atomic mass is 19.4. The molecule has 0 amide bonds. The maximum Gasteiger partial charge on any atom is 0.416 e. The maximum absolute atomic E-state index is 12.7. The minimum Gasteiger partial charge on any atom is -0.166 e. The molecule has 0 bridgehead atoms. The van der Waals surface area contributed by atoms with E-state index >= 15 is 0 Å². The van der Waals surface area contributed by atoms with Gasteiger partial charge in [0.2, 0.25) is 0 Å². The Labute approximate surface area is 119 Å². The van der Waals surface area contributed by atoms with Crippen molar-refractivity contribution in [3.05, 3.63) is 66.8 Å². The molecule has 0 fully saturated rings. The van der Waals surface area contributed by atoms with Crippen LogP contribution in [0.5, 0.6) is 0 Å². The molecule has 1 aromatic carbocycles. The number of allylic oxidation sites excluding steroid dienone is 3. The van der Waals surface area contributed by atoms with Gasteiger partial charge in [-0.15, -0.1) is 13.2 Å². The fraction of sp³-hybridized carbons (Fsp3) is 0.294. The van der Waals surface area contributed by atoms with E-state index in [1.54, 1.807) is 25.1 Å². The minimum absolute atomic E-state index is 0.164. The lowest BCUT2D eigenvalue weighted by molar-refractivity contribution is -0.137. The molecule has 0 saturated carbocycles. The first-order valence-electron chi connectivity index (χ1n) is 6.31. The number of halogens is 3. The van der Waals surface area contributed by atoms with Gasteiger partial charge in [-0.25, -0.2) is 0 Å². The van der Waals surface area contributed by atoms with E-state index in [2.05, 4.69) is 19.7 Å². The van der Waals surface area contributed by atoms with Crippen molar-refractivity contribution in [2.24, 2.45) is 0 Å². The van der Waals surface area contributed by atoms with Crippen molar-refractivity contribution in [2.75, 3.05) is 0 Å². The molecule has 1 rings (SSSR count). The molecule has 0 heterocycles.